The van der Waals surface area contributed by atoms with Gasteiger partial charge in [0, 0.05) is 17.2 Å². The summed E-state index contributed by atoms with van der Waals surface area (Å²) >= 11 is 0. The second-order valence-electron chi connectivity index (χ2n) is 5.33. The highest BCUT2D eigenvalue weighted by atomic mass is 16.7. The first-order valence-corrected chi connectivity index (χ1v) is 8.18. The van der Waals surface area contributed by atoms with Crippen molar-refractivity contribution in [2.45, 2.75) is 26.7 Å². The fourth-order valence-corrected chi connectivity index (χ4v) is 2.33. The van der Waals surface area contributed by atoms with Gasteiger partial charge in [-0.15, -0.1) is 0 Å². The van der Waals surface area contributed by atoms with Gasteiger partial charge in [0.1, 0.15) is 11.5 Å². The smallest absolute Gasteiger partial charge is 0.493 e. The van der Waals surface area contributed by atoms with Crippen LogP contribution in [0.25, 0.3) is 11.1 Å². The van der Waals surface area contributed by atoms with E-state index in [2.05, 4.69) is 0 Å². The van der Waals surface area contributed by atoms with Crippen LogP contribution in [0.3, 0.4) is 0 Å². The second-order valence-corrected chi connectivity index (χ2v) is 5.33. The lowest BCUT2D eigenvalue weighted by atomic mass is 10.2. The molecule has 6 heteroatoms. The molecule has 0 aromatic heterocycles. The van der Waals surface area contributed by atoms with Crippen molar-refractivity contribution in [1.29, 1.82) is 0 Å². The molecule has 0 fully saturated rings. The van der Waals surface area contributed by atoms with E-state index in [-0.39, 0.29) is 19.0 Å². The van der Waals surface area contributed by atoms with Gasteiger partial charge in [0.05, 0.1) is 26.7 Å². The van der Waals surface area contributed by atoms with Gasteiger partial charge in [-0.05, 0) is 18.9 Å². The maximum Gasteiger partial charge on any atom is 0.513 e. The molecule has 0 unspecified atom stereocenters. The summed E-state index contributed by atoms with van der Waals surface area (Å²) in [6.45, 7) is 4.49. The molecule has 0 aromatic carbocycles. The number of fused-ring (bicyclic) bond motifs is 1. The Hall–Kier alpha value is -2.76. The number of hydrogen-bond acceptors (Lipinski definition) is 6. The average molecular weight is 346 g/mol. The number of ether oxygens (including phenoxy) is 4. The molecule has 0 atom stereocenters. The fourth-order valence-electron chi connectivity index (χ4n) is 2.33. The minimum atomic E-state index is -0.766. The Bertz CT molecular complexity index is 709. The van der Waals surface area contributed by atoms with Crippen molar-refractivity contribution in [3.63, 3.8) is 0 Å². The number of hydrogen-bond donors (Lipinski definition) is 0. The molecule has 0 saturated carbocycles. The SMILES string of the molecule is CCCOc1cc(OC(=O)OCC)c2ccc(CC(=O)OC)ccc1-2. The highest BCUT2D eigenvalue weighted by Crippen LogP contribution is 2.43. The van der Waals surface area contributed by atoms with Crippen LogP contribution < -0.4 is 9.47 Å². The van der Waals surface area contributed by atoms with Gasteiger partial charge in [0.2, 0.25) is 0 Å². The highest BCUT2D eigenvalue weighted by molar-refractivity contribution is 5.83. The van der Waals surface area contributed by atoms with Gasteiger partial charge < -0.3 is 18.9 Å². The maximum absolute atomic E-state index is 11.7. The number of rotatable bonds is 7. The third-order valence-electron chi connectivity index (χ3n) is 3.50. The average Bonchev–Trinajstić information content (AvgIpc) is 2.76. The van der Waals surface area contributed by atoms with E-state index in [0.717, 1.165) is 17.5 Å². The van der Waals surface area contributed by atoms with Crippen LogP contribution in [0, 0.1) is 0 Å². The second kappa shape index (κ2) is 8.92. The Kier molecular flexibility index (Phi) is 6.62. The molecule has 0 aliphatic heterocycles. The van der Waals surface area contributed by atoms with E-state index >= 15 is 0 Å². The van der Waals surface area contributed by atoms with Gasteiger partial charge in [0.15, 0.2) is 0 Å². The van der Waals surface area contributed by atoms with Gasteiger partial charge in [-0.25, -0.2) is 4.79 Å². The predicted molar refractivity (Wildman–Crippen MR) is 92.2 cm³/mol. The summed E-state index contributed by atoms with van der Waals surface area (Å²) in [5, 5.41) is 0. The first-order valence-electron chi connectivity index (χ1n) is 8.18. The van der Waals surface area contributed by atoms with E-state index in [0.29, 0.717) is 23.7 Å². The Morgan fingerprint density at radius 1 is 1.00 bits per heavy atom. The van der Waals surface area contributed by atoms with Crippen molar-refractivity contribution in [1.82, 2.24) is 0 Å². The van der Waals surface area contributed by atoms with Crippen LogP contribution in [0.2, 0.25) is 0 Å². The summed E-state index contributed by atoms with van der Waals surface area (Å²) in [4.78, 5) is 23.1. The molecule has 25 heavy (non-hydrogen) atoms. The van der Waals surface area contributed by atoms with Crippen LogP contribution in [-0.2, 0) is 20.7 Å². The molecule has 0 aromatic rings. The number of esters is 1. The zero-order valence-electron chi connectivity index (χ0n) is 14.7. The van der Waals surface area contributed by atoms with Gasteiger partial charge in [-0.1, -0.05) is 31.2 Å². The summed E-state index contributed by atoms with van der Waals surface area (Å²) < 4.78 is 20.6. The van der Waals surface area contributed by atoms with Crippen molar-refractivity contribution in [3.8, 4) is 22.6 Å². The lowest BCUT2D eigenvalue weighted by Crippen LogP contribution is -2.09. The molecule has 0 N–H and O–H groups in total. The quantitative estimate of drug-likeness (QED) is 0.710. The first kappa shape index (κ1) is 18.6. The van der Waals surface area contributed by atoms with Crippen LogP contribution in [-0.4, -0.2) is 32.4 Å². The monoisotopic (exact) mass is 346 g/mol. The largest absolute Gasteiger partial charge is 0.513 e. The maximum atomic E-state index is 11.7. The molecule has 6 nitrogen and oxygen atoms in total. The van der Waals surface area contributed by atoms with Gasteiger partial charge in [0.25, 0.3) is 0 Å². The molecule has 134 valence electrons. The zero-order valence-corrected chi connectivity index (χ0v) is 14.7. The molecule has 0 saturated heterocycles. The van der Waals surface area contributed by atoms with E-state index in [1.807, 2.05) is 19.1 Å². The summed E-state index contributed by atoms with van der Waals surface area (Å²) in [5.74, 6) is 0.660. The summed E-state index contributed by atoms with van der Waals surface area (Å²) in [6.07, 6.45) is 0.248. The lowest BCUT2D eigenvalue weighted by Gasteiger charge is -2.04. The molecular formula is C19H22O6. The normalized spacial score (nSPS) is 10.4. The van der Waals surface area contributed by atoms with Crippen LogP contribution in [0.1, 0.15) is 25.8 Å². The molecule has 0 spiro atoms. The summed E-state index contributed by atoms with van der Waals surface area (Å²) in [7, 11) is 1.35. The number of carbonyl (C=O) groups excluding carboxylic acids is 2. The predicted octanol–water partition coefficient (Wildman–Crippen LogP) is 3.83. The van der Waals surface area contributed by atoms with Crippen LogP contribution in [0.15, 0.2) is 30.3 Å². The Labute approximate surface area is 147 Å². The highest BCUT2D eigenvalue weighted by Gasteiger charge is 2.20. The number of carbonyl (C=O) groups is 2. The molecule has 2 rings (SSSR count). The molecule has 0 bridgehead atoms. The Morgan fingerprint density at radius 3 is 2.28 bits per heavy atom. The third kappa shape index (κ3) is 4.86. The van der Waals surface area contributed by atoms with Gasteiger partial charge >= 0.3 is 12.1 Å². The molecule has 0 heterocycles. The Balaban J connectivity index is 2.39. The molecule has 0 amide bonds. The lowest BCUT2D eigenvalue weighted by molar-refractivity contribution is -0.139. The van der Waals surface area contributed by atoms with Gasteiger partial charge in [-0.2, -0.15) is 0 Å². The zero-order chi connectivity index (χ0) is 18.2. The third-order valence-corrected chi connectivity index (χ3v) is 3.50. The van der Waals surface area contributed by atoms with Crippen molar-refractivity contribution in [2.24, 2.45) is 0 Å². The van der Waals surface area contributed by atoms with Crippen LogP contribution in [0.4, 0.5) is 4.79 Å². The van der Waals surface area contributed by atoms with Crippen molar-refractivity contribution in [2.75, 3.05) is 20.3 Å². The fraction of sp³-hybridized carbons (Fsp3) is 0.368. The molecule has 2 aliphatic rings. The minimum Gasteiger partial charge on any atom is -0.493 e. The summed E-state index contributed by atoms with van der Waals surface area (Å²) in [6, 6.07) is 8.93. The Morgan fingerprint density at radius 2 is 1.68 bits per heavy atom. The summed E-state index contributed by atoms with van der Waals surface area (Å²) in [5.41, 5.74) is 2.28. The first-order chi connectivity index (χ1) is 12.1. The van der Waals surface area contributed by atoms with Gasteiger partial charge in [-0.3, -0.25) is 4.79 Å². The van der Waals surface area contributed by atoms with Crippen molar-refractivity contribution in [3.05, 3.63) is 35.9 Å². The molecule has 2 aliphatic carbocycles. The van der Waals surface area contributed by atoms with Crippen LogP contribution >= 0.6 is 0 Å². The van der Waals surface area contributed by atoms with Crippen molar-refractivity contribution >= 4 is 12.1 Å². The standard InChI is InChI=1S/C19H22O6/c1-4-10-24-16-12-17(25-19(21)23-5-2)15-9-7-13(6-8-14(15)16)11-18(20)22-3/h6-9,12H,4-5,10-11H2,1-3H3. The number of methoxy groups -OCH3 is 1. The van der Waals surface area contributed by atoms with E-state index in [1.165, 1.54) is 7.11 Å². The van der Waals surface area contributed by atoms with E-state index in [1.54, 1.807) is 25.1 Å². The van der Waals surface area contributed by atoms with Crippen molar-refractivity contribution < 1.29 is 28.5 Å². The van der Waals surface area contributed by atoms with E-state index in [4.69, 9.17) is 18.9 Å². The molecule has 0 radical (unpaired) electrons. The topological polar surface area (TPSA) is 71.1 Å². The minimum absolute atomic E-state index is 0.160. The van der Waals surface area contributed by atoms with E-state index in [9.17, 15) is 9.59 Å². The molecular weight excluding hydrogens is 324 g/mol. The van der Waals surface area contributed by atoms with Crippen LogP contribution in [0.5, 0.6) is 11.5 Å². The van der Waals surface area contributed by atoms with E-state index < -0.39 is 6.16 Å².